The SMILES string of the molecule is C=CCCNC(=O)c1ccc(-n2c(C)ccc2-c2cc(Cl)ccc2OCc2ccccc2)cc1.CCC=N. The Hall–Kier alpha value is -4.09. The molecule has 196 valence electrons. The van der Waals surface area contributed by atoms with Crippen LogP contribution in [0.4, 0.5) is 0 Å². The molecule has 0 bridgehead atoms. The Balaban J connectivity index is 0.000000934. The van der Waals surface area contributed by atoms with Gasteiger partial charge in [-0.2, -0.15) is 0 Å². The number of rotatable bonds is 10. The highest BCUT2D eigenvalue weighted by Gasteiger charge is 2.15. The Morgan fingerprint density at radius 2 is 1.76 bits per heavy atom. The summed E-state index contributed by atoms with van der Waals surface area (Å²) in [5.41, 5.74) is 5.60. The minimum Gasteiger partial charge on any atom is -0.488 e. The highest BCUT2D eigenvalue weighted by molar-refractivity contribution is 6.31. The van der Waals surface area contributed by atoms with Crippen molar-refractivity contribution < 1.29 is 9.53 Å². The molecule has 1 heterocycles. The van der Waals surface area contributed by atoms with Crippen molar-refractivity contribution in [1.82, 2.24) is 9.88 Å². The number of hydrogen-bond acceptors (Lipinski definition) is 3. The lowest BCUT2D eigenvalue weighted by molar-refractivity contribution is 0.0954. The first-order valence-corrected chi connectivity index (χ1v) is 13.0. The molecule has 5 nitrogen and oxygen atoms in total. The first-order chi connectivity index (χ1) is 18.5. The molecule has 4 aromatic rings. The maximum absolute atomic E-state index is 12.4. The summed E-state index contributed by atoms with van der Waals surface area (Å²) >= 11 is 6.38. The van der Waals surface area contributed by atoms with E-state index in [1.54, 1.807) is 6.08 Å². The molecule has 0 aliphatic heterocycles. The number of nitrogens with zero attached hydrogens (tertiary/aromatic N) is 1. The largest absolute Gasteiger partial charge is 0.488 e. The number of benzene rings is 3. The van der Waals surface area contributed by atoms with Crippen molar-refractivity contribution in [2.24, 2.45) is 0 Å². The lowest BCUT2D eigenvalue weighted by Gasteiger charge is -2.16. The van der Waals surface area contributed by atoms with Gasteiger partial charge in [-0.05, 0) is 86.1 Å². The highest BCUT2D eigenvalue weighted by Crippen LogP contribution is 2.36. The third-order valence-corrected chi connectivity index (χ3v) is 5.99. The standard InChI is InChI=1S/C29H27ClN2O2.C3H7N/c1-3-4-18-31-29(33)23-11-14-25(15-12-23)32-21(2)10-16-27(32)26-19-24(30)13-17-28(26)34-20-22-8-6-5-7-9-22;1-2-3-4/h3,5-17,19H,1,4,18,20H2,2H3,(H,31,33);3-4H,2H2,1H3. The van der Waals surface area contributed by atoms with E-state index in [0.29, 0.717) is 23.7 Å². The fourth-order valence-electron chi connectivity index (χ4n) is 3.81. The fourth-order valence-corrected chi connectivity index (χ4v) is 3.98. The van der Waals surface area contributed by atoms with Crippen LogP contribution in [0.15, 0.2) is 97.6 Å². The maximum Gasteiger partial charge on any atom is 0.251 e. The lowest BCUT2D eigenvalue weighted by Crippen LogP contribution is -2.24. The van der Waals surface area contributed by atoms with E-state index >= 15 is 0 Å². The Morgan fingerprint density at radius 3 is 2.42 bits per heavy atom. The Kier molecular flexibility index (Phi) is 10.9. The van der Waals surface area contributed by atoms with Gasteiger partial charge in [0.1, 0.15) is 12.4 Å². The van der Waals surface area contributed by atoms with Gasteiger partial charge in [0.25, 0.3) is 5.91 Å². The van der Waals surface area contributed by atoms with Crippen LogP contribution in [-0.2, 0) is 6.61 Å². The molecular formula is C32H34ClN3O2. The average Bonchev–Trinajstić information content (AvgIpc) is 3.34. The number of aromatic nitrogens is 1. The van der Waals surface area contributed by atoms with Crippen LogP contribution in [0.1, 0.15) is 41.4 Å². The van der Waals surface area contributed by atoms with Crippen LogP contribution in [0.25, 0.3) is 16.9 Å². The smallest absolute Gasteiger partial charge is 0.251 e. The molecule has 0 aliphatic carbocycles. The Bertz CT molecular complexity index is 1350. The second-order valence-corrected chi connectivity index (χ2v) is 9.04. The molecule has 0 saturated heterocycles. The molecule has 0 spiro atoms. The molecule has 4 rings (SSSR count). The van der Waals surface area contributed by atoms with E-state index in [1.165, 1.54) is 6.21 Å². The predicted molar refractivity (Wildman–Crippen MR) is 158 cm³/mol. The van der Waals surface area contributed by atoms with Crippen molar-refractivity contribution in [1.29, 1.82) is 5.41 Å². The van der Waals surface area contributed by atoms with Crippen LogP contribution in [0.3, 0.4) is 0 Å². The van der Waals surface area contributed by atoms with E-state index in [0.717, 1.165) is 46.8 Å². The highest BCUT2D eigenvalue weighted by atomic mass is 35.5. The summed E-state index contributed by atoms with van der Waals surface area (Å²) in [5.74, 6) is 0.662. The molecule has 1 amide bonds. The van der Waals surface area contributed by atoms with Gasteiger partial charge < -0.3 is 20.0 Å². The zero-order valence-corrected chi connectivity index (χ0v) is 22.7. The van der Waals surface area contributed by atoms with E-state index in [2.05, 4.69) is 35.5 Å². The summed E-state index contributed by atoms with van der Waals surface area (Å²) in [4.78, 5) is 12.4. The number of aryl methyl sites for hydroxylation is 1. The summed E-state index contributed by atoms with van der Waals surface area (Å²) in [5, 5.41) is 9.86. The molecule has 1 aromatic heterocycles. The Labute approximate surface area is 230 Å². The number of amides is 1. The van der Waals surface area contributed by atoms with Gasteiger partial charge in [-0.25, -0.2) is 0 Å². The number of carbonyl (C=O) groups excluding carboxylic acids is 1. The van der Waals surface area contributed by atoms with Crippen molar-refractivity contribution in [3.8, 4) is 22.7 Å². The number of carbonyl (C=O) groups is 1. The molecule has 0 fully saturated rings. The summed E-state index contributed by atoms with van der Waals surface area (Å²) < 4.78 is 8.34. The third-order valence-electron chi connectivity index (χ3n) is 5.76. The van der Waals surface area contributed by atoms with Gasteiger partial charge in [0, 0.05) is 34.1 Å². The maximum atomic E-state index is 12.4. The molecule has 38 heavy (non-hydrogen) atoms. The zero-order valence-electron chi connectivity index (χ0n) is 21.9. The van der Waals surface area contributed by atoms with Crippen LogP contribution >= 0.6 is 11.6 Å². The van der Waals surface area contributed by atoms with Crippen LogP contribution < -0.4 is 10.1 Å². The fraction of sp³-hybridized carbons (Fsp3) is 0.188. The van der Waals surface area contributed by atoms with Gasteiger partial charge >= 0.3 is 0 Å². The third kappa shape index (κ3) is 7.70. The first kappa shape index (κ1) is 28.5. The minimum absolute atomic E-state index is 0.0932. The molecule has 0 saturated carbocycles. The molecule has 3 aromatic carbocycles. The topological polar surface area (TPSA) is 67.1 Å². The van der Waals surface area contributed by atoms with Crippen LogP contribution in [0, 0.1) is 12.3 Å². The monoisotopic (exact) mass is 527 g/mol. The summed E-state index contributed by atoms with van der Waals surface area (Å²) in [6, 6.07) is 27.4. The normalized spacial score (nSPS) is 10.2. The zero-order chi connectivity index (χ0) is 27.3. The number of halogens is 1. The summed E-state index contributed by atoms with van der Waals surface area (Å²) in [7, 11) is 0. The lowest BCUT2D eigenvalue weighted by atomic mass is 10.1. The van der Waals surface area contributed by atoms with Crippen molar-refractivity contribution >= 4 is 23.7 Å². The number of nitrogens with one attached hydrogen (secondary N) is 2. The molecule has 6 heteroatoms. The van der Waals surface area contributed by atoms with E-state index in [1.807, 2.05) is 79.7 Å². The van der Waals surface area contributed by atoms with E-state index in [9.17, 15) is 4.79 Å². The molecular weight excluding hydrogens is 494 g/mol. The van der Waals surface area contributed by atoms with Crippen molar-refractivity contribution in [2.75, 3.05) is 6.54 Å². The van der Waals surface area contributed by atoms with E-state index in [-0.39, 0.29) is 5.91 Å². The summed E-state index contributed by atoms with van der Waals surface area (Å²) in [6.07, 6.45) is 4.76. The van der Waals surface area contributed by atoms with Crippen LogP contribution in [0.2, 0.25) is 5.02 Å². The molecule has 0 aliphatic rings. The number of ether oxygens (including phenoxy) is 1. The van der Waals surface area contributed by atoms with Crippen molar-refractivity contribution in [3.63, 3.8) is 0 Å². The second kappa shape index (κ2) is 14.6. The average molecular weight is 528 g/mol. The molecule has 0 atom stereocenters. The molecule has 0 radical (unpaired) electrons. The summed E-state index contributed by atoms with van der Waals surface area (Å²) in [6.45, 7) is 8.70. The van der Waals surface area contributed by atoms with Gasteiger partial charge in [0.15, 0.2) is 0 Å². The molecule has 0 unspecified atom stereocenters. The van der Waals surface area contributed by atoms with E-state index in [4.69, 9.17) is 21.7 Å². The van der Waals surface area contributed by atoms with Crippen LogP contribution in [0.5, 0.6) is 5.75 Å². The predicted octanol–water partition coefficient (Wildman–Crippen LogP) is 8.04. The van der Waals surface area contributed by atoms with Crippen molar-refractivity contribution in [2.45, 2.75) is 33.3 Å². The van der Waals surface area contributed by atoms with Gasteiger partial charge in [0.2, 0.25) is 0 Å². The first-order valence-electron chi connectivity index (χ1n) is 12.6. The second-order valence-electron chi connectivity index (χ2n) is 8.60. The Morgan fingerprint density at radius 1 is 1.05 bits per heavy atom. The van der Waals surface area contributed by atoms with E-state index < -0.39 is 0 Å². The number of hydrogen-bond donors (Lipinski definition) is 2. The van der Waals surface area contributed by atoms with Crippen molar-refractivity contribution in [3.05, 3.63) is 119 Å². The van der Waals surface area contributed by atoms with Crippen LogP contribution in [-0.4, -0.2) is 23.2 Å². The van der Waals surface area contributed by atoms with Gasteiger partial charge in [-0.3, -0.25) is 4.79 Å². The molecule has 2 N–H and O–H groups in total. The van der Waals surface area contributed by atoms with Gasteiger partial charge in [-0.1, -0.05) is 54.9 Å². The minimum atomic E-state index is -0.0932. The quantitative estimate of drug-likeness (QED) is 0.124. The van der Waals surface area contributed by atoms with Gasteiger partial charge in [-0.15, -0.1) is 6.58 Å². The van der Waals surface area contributed by atoms with Gasteiger partial charge in [0.05, 0.1) is 5.69 Å².